The van der Waals surface area contributed by atoms with Gasteiger partial charge in [-0.25, -0.2) is 15.0 Å². The molecule has 5 heteroatoms. The van der Waals surface area contributed by atoms with Crippen molar-refractivity contribution in [2.24, 2.45) is 0 Å². The second kappa shape index (κ2) is 11.4. The summed E-state index contributed by atoms with van der Waals surface area (Å²) in [5, 5.41) is 4.59. The maximum Gasteiger partial charge on any atom is 0.164 e. The highest BCUT2D eigenvalue weighted by molar-refractivity contribution is 6.11. The summed E-state index contributed by atoms with van der Waals surface area (Å²) in [5.41, 5.74) is 9.91. The summed E-state index contributed by atoms with van der Waals surface area (Å²) in [5.74, 6) is 1.85. The van der Waals surface area contributed by atoms with Crippen LogP contribution in [0.1, 0.15) is 0 Å². The minimum absolute atomic E-state index is 0.608. The number of hydrogen-bond donors (Lipinski definition) is 0. The third-order valence-corrected chi connectivity index (χ3v) is 9.45. The van der Waals surface area contributed by atoms with Crippen LogP contribution >= 0.6 is 0 Å². The monoisotopic (exact) mass is 640 g/mol. The van der Waals surface area contributed by atoms with E-state index in [0.29, 0.717) is 17.5 Å². The lowest BCUT2D eigenvalue weighted by Gasteiger charge is -2.11. The first-order valence-corrected chi connectivity index (χ1v) is 16.7. The fourth-order valence-electron chi connectivity index (χ4n) is 7.12. The van der Waals surface area contributed by atoms with Gasteiger partial charge in [0.15, 0.2) is 17.5 Å². The molecule has 234 valence electrons. The third-order valence-electron chi connectivity index (χ3n) is 9.45. The van der Waals surface area contributed by atoms with Crippen molar-refractivity contribution < 1.29 is 4.42 Å². The Balaban J connectivity index is 1.16. The topological polar surface area (TPSA) is 56.7 Å². The maximum atomic E-state index is 6.39. The van der Waals surface area contributed by atoms with Crippen LogP contribution in [0.3, 0.4) is 0 Å². The number of hydrogen-bond acceptors (Lipinski definition) is 4. The van der Waals surface area contributed by atoms with Gasteiger partial charge in [0.25, 0.3) is 0 Å². The summed E-state index contributed by atoms with van der Waals surface area (Å²) < 4.78 is 8.71. The molecule has 10 rings (SSSR count). The van der Waals surface area contributed by atoms with Crippen LogP contribution in [0, 0.1) is 0 Å². The van der Waals surface area contributed by atoms with Crippen molar-refractivity contribution in [2.45, 2.75) is 0 Å². The zero-order valence-electron chi connectivity index (χ0n) is 26.9. The first-order chi connectivity index (χ1) is 24.8. The summed E-state index contributed by atoms with van der Waals surface area (Å²) >= 11 is 0. The van der Waals surface area contributed by atoms with E-state index in [1.165, 1.54) is 10.8 Å². The highest BCUT2D eigenvalue weighted by Gasteiger charge is 2.18. The van der Waals surface area contributed by atoms with E-state index in [2.05, 4.69) is 120 Å². The Labute approximate surface area is 287 Å². The molecule has 0 fully saturated rings. The van der Waals surface area contributed by atoms with Gasteiger partial charge in [-0.1, -0.05) is 133 Å². The van der Waals surface area contributed by atoms with Crippen LogP contribution in [0.15, 0.2) is 174 Å². The molecule has 0 atom stereocenters. The molecular formula is C45H28N4O. The fourth-order valence-corrected chi connectivity index (χ4v) is 7.12. The molecule has 7 aromatic carbocycles. The second-order valence-electron chi connectivity index (χ2n) is 12.5. The minimum Gasteiger partial charge on any atom is -0.455 e. The van der Waals surface area contributed by atoms with Crippen LogP contribution < -0.4 is 0 Å². The molecule has 10 aromatic rings. The smallest absolute Gasteiger partial charge is 0.164 e. The number of para-hydroxylation sites is 4. The van der Waals surface area contributed by atoms with E-state index in [1.807, 2.05) is 54.6 Å². The average Bonchev–Trinajstić information content (AvgIpc) is 3.74. The number of fused-ring (bicyclic) bond motifs is 6. The standard InChI is InChI=1S/C45H28N4O/c1-3-13-29(14-4-1)43-46-44(31-16-11-15-30(27-31)34-21-12-22-38-37-20-8-10-24-41(37)50-42(34)38)48-45(47-43)32-25-26-36-35-19-7-9-23-39(35)49(40(36)28-32)33-17-5-2-6-18-33/h1-28H. The van der Waals surface area contributed by atoms with Gasteiger partial charge in [0, 0.05) is 49.5 Å². The predicted octanol–water partition coefficient (Wildman–Crippen LogP) is 11.5. The Hall–Kier alpha value is -6.85. The number of furan rings is 1. The quantitative estimate of drug-likeness (QED) is 0.188. The van der Waals surface area contributed by atoms with Gasteiger partial charge >= 0.3 is 0 Å². The van der Waals surface area contributed by atoms with Gasteiger partial charge in [-0.15, -0.1) is 0 Å². The van der Waals surface area contributed by atoms with E-state index in [1.54, 1.807) is 0 Å². The zero-order chi connectivity index (χ0) is 33.0. The minimum atomic E-state index is 0.608. The molecule has 0 radical (unpaired) electrons. The van der Waals surface area contributed by atoms with Gasteiger partial charge in [0.05, 0.1) is 11.0 Å². The lowest BCUT2D eigenvalue weighted by atomic mass is 10.00. The summed E-state index contributed by atoms with van der Waals surface area (Å²) in [7, 11) is 0. The molecule has 0 aliphatic rings. The van der Waals surface area contributed by atoms with E-state index < -0.39 is 0 Å². The Kier molecular flexibility index (Phi) is 6.42. The van der Waals surface area contributed by atoms with Crippen molar-refractivity contribution in [1.29, 1.82) is 0 Å². The van der Waals surface area contributed by atoms with Gasteiger partial charge in [0.1, 0.15) is 11.2 Å². The van der Waals surface area contributed by atoms with Gasteiger partial charge in [0.2, 0.25) is 0 Å². The Bertz CT molecular complexity index is 2870. The van der Waals surface area contributed by atoms with Gasteiger partial charge in [-0.2, -0.15) is 0 Å². The lowest BCUT2D eigenvalue weighted by Crippen LogP contribution is -2.00. The van der Waals surface area contributed by atoms with Crippen LogP contribution in [-0.2, 0) is 0 Å². The molecule has 5 nitrogen and oxygen atoms in total. The van der Waals surface area contributed by atoms with Crippen molar-refractivity contribution >= 4 is 43.7 Å². The fraction of sp³-hybridized carbons (Fsp3) is 0. The molecular weight excluding hydrogens is 613 g/mol. The molecule has 0 saturated heterocycles. The predicted molar refractivity (Wildman–Crippen MR) is 203 cm³/mol. The number of aromatic nitrogens is 4. The van der Waals surface area contributed by atoms with Crippen LogP contribution in [0.2, 0.25) is 0 Å². The van der Waals surface area contributed by atoms with Crippen LogP contribution in [-0.4, -0.2) is 19.5 Å². The Morgan fingerprint density at radius 1 is 0.380 bits per heavy atom. The van der Waals surface area contributed by atoms with Crippen molar-refractivity contribution in [3.63, 3.8) is 0 Å². The molecule has 0 spiro atoms. The zero-order valence-corrected chi connectivity index (χ0v) is 26.9. The summed E-state index contributed by atoms with van der Waals surface area (Å²) in [6.45, 7) is 0. The van der Waals surface area contributed by atoms with Crippen molar-refractivity contribution in [1.82, 2.24) is 19.5 Å². The van der Waals surface area contributed by atoms with Gasteiger partial charge in [-0.3, -0.25) is 0 Å². The largest absolute Gasteiger partial charge is 0.455 e. The molecule has 0 aliphatic carbocycles. The second-order valence-corrected chi connectivity index (χ2v) is 12.5. The molecule has 3 heterocycles. The van der Waals surface area contributed by atoms with Gasteiger partial charge in [-0.05, 0) is 42.0 Å². The first kappa shape index (κ1) is 28.2. The molecule has 0 aliphatic heterocycles. The molecule has 0 saturated carbocycles. The highest BCUT2D eigenvalue weighted by Crippen LogP contribution is 2.38. The van der Waals surface area contributed by atoms with E-state index >= 15 is 0 Å². The normalized spacial score (nSPS) is 11.6. The number of benzene rings is 7. The van der Waals surface area contributed by atoms with E-state index in [-0.39, 0.29) is 0 Å². The number of nitrogens with zero attached hydrogens (tertiary/aromatic N) is 4. The van der Waals surface area contributed by atoms with Crippen molar-refractivity contribution in [2.75, 3.05) is 0 Å². The lowest BCUT2D eigenvalue weighted by molar-refractivity contribution is 0.670. The Morgan fingerprint density at radius 3 is 1.78 bits per heavy atom. The molecule has 0 bridgehead atoms. The van der Waals surface area contributed by atoms with Crippen LogP contribution in [0.4, 0.5) is 0 Å². The molecule has 50 heavy (non-hydrogen) atoms. The Morgan fingerprint density at radius 2 is 0.960 bits per heavy atom. The van der Waals surface area contributed by atoms with E-state index in [9.17, 15) is 0 Å². The SMILES string of the molecule is c1ccc(-c2nc(-c3cccc(-c4cccc5c4oc4ccccc45)c3)nc(-c3ccc4c5ccccc5n(-c5ccccc5)c4c3)n2)cc1. The molecule has 0 N–H and O–H groups in total. The molecule has 3 aromatic heterocycles. The third kappa shape index (κ3) is 4.60. The molecule has 0 unspecified atom stereocenters. The maximum absolute atomic E-state index is 6.39. The average molecular weight is 641 g/mol. The highest BCUT2D eigenvalue weighted by atomic mass is 16.3. The summed E-state index contributed by atoms with van der Waals surface area (Å²) in [6.07, 6.45) is 0. The van der Waals surface area contributed by atoms with E-state index in [4.69, 9.17) is 19.4 Å². The first-order valence-electron chi connectivity index (χ1n) is 16.7. The van der Waals surface area contributed by atoms with Gasteiger partial charge < -0.3 is 8.98 Å². The summed E-state index contributed by atoms with van der Waals surface area (Å²) in [6, 6.07) is 58.5. The van der Waals surface area contributed by atoms with E-state index in [0.717, 1.165) is 66.5 Å². The summed E-state index contributed by atoms with van der Waals surface area (Å²) in [4.78, 5) is 15.2. The van der Waals surface area contributed by atoms with Crippen molar-refractivity contribution in [3.8, 4) is 51.0 Å². The van der Waals surface area contributed by atoms with Crippen molar-refractivity contribution in [3.05, 3.63) is 170 Å². The van der Waals surface area contributed by atoms with Crippen LogP contribution in [0.5, 0.6) is 0 Å². The number of rotatable bonds is 5. The van der Waals surface area contributed by atoms with Crippen LogP contribution in [0.25, 0.3) is 94.7 Å². The molecule has 0 amide bonds.